The molecule has 14 heavy (non-hydrogen) atoms. The molecule has 82 valence electrons. The minimum atomic E-state index is -0.820. The first kappa shape index (κ1) is 12.9. The van der Waals surface area contributed by atoms with Gasteiger partial charge in [0.1, 0.15) is 0 Å². The van der Waals surface area contributed by atoms with E-state index in [1.54, 1.807) is 0 Å². The van der Waals surface area contributed by atoms with E-state index in [9.17, 15) is 9.59 Å². The van der Waals surface area contributed by atoms with Gasteiger partial charge in [0, 0.05) is 13.1 Å². The number of urea groups is 1. The van der Waals surface area contributed by atoms with Gasteiger partial charge in [0.25, 0.3) is 0 Å². The molecular weight excluding hydrogens is 184 g/mol. The monoisotopic (exact) mass is 202 g/mol. The summed E-state index contributed by atoms with van der Waals surface area (Å²) in [5.74, 6) is -0.389. The third kappa shape index (κ3) is 6.38. The zero-order chi connectivity index (χ0) is 11.0. The molecular formula is C8H18N4O2. The van der Waals surface area contributed by atoms with Gasteiger partial charge in [-0.05, 0) is 13.0 Å². The molecule has 0 spiro atoms. The summed E-state index contributed by atoms with van der Waals surface area (Å²) in [4.78, 5) is 23.3. The van der Waals surface area contributed by atoms with Crippen LogP contribution in [0.3, 0.4) is 0 Å². The normalized spacial score (nSPS) is 10.2. The first-order valence-corrected chi connectivity index (χ1v) is 4.61. The second-order valence-corrected chi connectivity index (χ2v) is 2.98. The Labute approximate surface area is 83.6 Å². The topological polar surface area (TPSA) is 101 Å². The van der Waals surface area contributed by atoms with E-state index in [0.717, 1.165) is 13.0 Å². The van der Waals surface area contributed by atoms with Crippen LogP contribution in [-0.4, -0.2) is 43.0 Å². The molecule has 0 rings (SSSR count). The van der Waals surface area contributed by atoms with Crippen LogP contribution in [0.1, 0.15) is 13.3 Å². The van der Waals surface area contributed by atoms with E-state index < -0.39 is 6.03 Å². The smallest absolute Gasteiger partial charge is 0.318 e. The molecule has 0 aromatic heterocycles. The Balaban J connectivity index is 3.88. The molecule has 0 atom stereocenters. The van der Waals surface area contributed by atoms with E-state index in [1.807, 2.05) is 17.1 Å². The van der Waals surface area contributed by atoms with Gasteiger partial charge in [-0.15, -0.1) is 0 Å². The number of rotatable bonds is 6. The molecule has 0 aliphatic heterocycles. The van der Waals surface area contributed by atoms with Crippen LogP contribution in [-0.2, 0) is 4.79 Å². The first-order valence-electron chi connectivity index (χ1n) is 4.61. The van der Waals surface area contributed by atoms with Gasteiger partial charge in [0.05, 0.1) is 6.54 Å². The molecule has 0 aromatic carbocycles. The van der Waals surface area contributed by atoms with Gasteiger partial charge < -0.3 is 11.5 Å². The number of imide groups is 1. The number of carbonyl (C=O) groups excluding carboxylic acids is 2. The summed E-state index contributed by atoms with van der Waals surface area (Å²) >= 11 is 0. The molecule has 6 heteroatoms. The van der Waals surface area contributed by atoms with Crippen LogP contribution in [0.2, 0.25) is 0 Å². The molecule has 0 heterocycles. The predicted octanol–water partition coefficient (Wildman–Crippen LogP) is -1.15. The fraction of sp³-hybridized carbons (Fsp3) is 0.750. The second-order valence-electron chi connectivity index (χ2n) is 2.98. The molecule has 0 aliphatic carbocycles. The largest absolute Gasteiger partial charge is 0.351 e. The van der Waals surface area contributed by atoms with Gasteiger partial charge in [-0.1, -0.05) is 6.92 Å². The van der Waals surface area contributed by atoms with Crippen LogP contribution in [0.15, 0.2) is 0 Å². The summed E-state index contributed by atoms with van der Waals surface area (Å²) in [6.45, 7) is 4.08. The quantitative estimate of drug-likeness (QED) is 0.506. The molecule has 0 fully saturated rings. The van der Waals surface area contributed by atoms with Crippen molar-refractivity contribution < 1.29 is 9.59 Å². The van der Waals surface area contributed by atoms with Crippen LogP contribution in [0.5, 0.6) is 0 Å². The molecule has 0 radical (unpaired) electrons. The molecule has 0 saturated heterocycles. The van der Waals surface area contributed by atoms with Gasteiger partial charge in [-0.2, -0.15) is 0 Å². The van der Waals surface area contributed by atoms with Crippen LogP contribution >= 0.6 is 0 Å². The third-order valence-electron chi connectivity index (χ3n) is 1.61. The summed E-state index contributed by atoms with van der Waals surface area (Å²) in [5, 5.41) is 2.01. The van der Waals surface area contributed by atoms with Crippen molar-refractivity contribution in [3.63, 3.8) is 0 Å². The Morgan fingerprint density at radius 2 is 2.00 bits per heavy atom. The molecule has 6 nitrogen and oxygen atoms in total. The van der Waals surface area contributed by atoms with Crippen molar-refractivity contribution >= 4 is 11.9 Å². The number of amides is 3. The SMILES string of the molecule is CCCN(CCN)CC(=O)NC(N)=O. The summed E-state index contributed by atoms with van der Waals surface area (Å²) in [6.07, 6.45) is 0.934. The van der Waals surface area contributed by atoms with Crippen molar-refractivity contribution in [3.05, 3.63) is 0 Å². The highest BCUT2D eigenvalue weighted by Crippen LogP contribution is 1.89. The van der Waals surface area contributed by atoms with E-state index >= 15 is 0 Å². The van der Waals surface area contributed by atoms with E-state index in [1.165, 1.54) is 0 Å². The van der Waals surface area contributed by atoms with Crippen LogP contribution in [0.25, 0.3) is 0 Å². The summed E-state index contributed by atoms with van der Waals surface area (Å²) in [7, 11) is 0. The molecule has 5 N–H and O–H groups in total. The Kier molecular flexibility index (Phi) is 6.69. The van der Waals surface area contributed by atoms with Gasteiger partial charge in [-0.3, -0.25) is 15.0 Å². The van der Waals surface area contributed by atoms with Crippen molar-refractivity contribution in [1.29, 1.82) is 0 Å². The lowest BCUT2D eigenvalue weighted by Gasteiger charge is -2.19. The number of hydrogen-bond donors (Lipinski definition) is 3. The second kappa shape index (κ2) is 7.28. The third-order valence-corrected chi connectivity index (χ3v) is 1.61. The van der Waals surface area contributed by atoms with Gasteiger partial charge >= 0.3 is 6.03 Å². The summed E-state index contributed by atoms with van der Waals surface area (Å²) in [5.41, 5.74) is 10.2. The zero-order valence-corrected chi connectivity index (χ0v) is 8.45. The Morgan fingerprint density at radius 1 is 1.36 bits per heavy atom. The molecule has 0 aromatic rings. The summed E-state index contributed by atoms with van der Waals surface area (Å²) < 4.78 is 0. The maximum atomic E-state index is 11.1. The highest BCUT2D eigenvalue weighted by molar-refractivity contribution is 5.94. The van der Waals surface area contributed by atoms with Crippen molar-refractivity contribution in [2.45, 2.75) is 13.3 Å². The average molecular weight is 202 g/mol. The van der Waals surface area contributed by atoms with Crippen molar-refractivity contribution in [2.24, 2.45) is 11.5 Å². The van der Waals surface area contributed by atoms with Crippen molar-refractivity contribution in [3.8, 4) is 0 Å². The predicted molar refractivity (Wildman–Crippen MR) is 53.5 cm³/mol. The lowest BCUT2D eigenvalue weighted by Crippen LogP contribution is -2.43. The Hall–Kier alpha value is -1.14. The molecule has 0 saturated carbocycles. The van der Waals surface area contributed by atoms with Crippen molar-refractivity contribution in [1.82, 2.24) is 10.2 Å². The van der Waals surface area contributed by atoms with Crippen LogP contribution < -0.4 is 16.8 Å². The van der Waals surface area contributed by atoms with Crippen LogP contribution in [0.4, 0.5) is 4.79 Å². The Bertz CT molecular complexity index is 190. The number of primary amides is 1. The number of carbonyl (C=O) groups is 2. The lowest BCUT2D eigenvalue weighted by molar-refractivity contribution is -0.121. The maximum absolute atomic E-state index is 11.1. The lowest BCUT2D eigenvalue weighted by atomic mass is 10.4. The van der Waals surface area contributed by atoms with Crippen LogP contribution in [0, 0.1) is 0 Å². The highest BCUT2D eigenvalue weighted by atomic mass is 16.2. The molecule has 0 bridgehead atoms. The molecule has 3 amide bonds. The van der Waals surface area contributed by atoms with E-state index in [2.05, 4.69) is 0 Å². The zero-order valence-electron chi connectivity index (χ0n) is 8.45. The fourth-order valence-corrected chi connectivity index (χ4v) is 1.15. The van der Waals surface area contributed by atoms with Gasteiger partial charge in [0.15, 0.2) is 0 Å². The number of nitrogens with zero attached hydrogens (tertiary/aromatic N) is 1. The van der Waals surface area contributed by atoms with E-state index in [-0.39, 0.29) is 12.5 Å². The van der Waals surface area contributed by atoms with Gasteiger partial charge in [-0.25, -0.2) is 4.79 Å². The molecule has 0 aliphatic rings. The average Bonchev–Trinajstić information content (AvgIpc) is 2.03. The maximum Gasteiger partial charge on any atom is 0.318 e. The van der Waals surface area contributed by atoms with Gasteiger partial charge in [0.2, 0.25) is 5.91 Å². The highest BCUT2D eigenvalue weighted by Gasteiger charge is 2.09. The minimum absolute atomic E-state index is 0.161. The summed E-state index contributed by atoms with van der Waals surface area (Å²) in [6, 6.07) is -0.820. The van der Waals surface area contributed by atoms with E-state index in [0.29, 0.717) is 13.1 Å². The minimum Gasteiger partial charge on any atom is -0.351 e. The Morgan fingerprint density at radius 3 is 2.43 bits per heavy atom. The van der Waals surface area contributed by atoms with E-state index in [4.69, 9.17) is 11.5 Å². The fourth-order valence-electron chi connectivity index (χ4n) is 1.15. The standard InChI is InChI=1S/C8H18N4O2/c1-2-4-12(5-3-9)6-7(13)11-8(10)14/h2-6,9H2,1H3,(H3,10,11,13,14). The number of nitrogens with one attached hydrogen (secondary N) is 1. The number of nitrogens with two attached hydrogens (primary N) is 2. The number of hydrogen-bond acceptors (Lipinski definition) is 4. The van der Waals surface area contributed by atoms with Crippen molar-refractivity contribution in [2.75, 3.05) is 26.2 Å². The first-order chi connectivity index (χ1) is 6.60. The molecule has 0 unspecified atom stereocenters.